The molecule has 0 aliphatic rings. The maximum atomic E-state index is 5.41. The van der Waals surface area contributed by atoms with Crippen molar-refractivity contribution in [1.82, 2.24) is 10.2 Å². The number of nitrogens with one attached hydrogen (secondary N) is 1. The van der Waals surface area contributed by atoms with Gasteiger partial charge < -0.3 is 20.7 Å². The molecule has 0 amide bonds. The van der Waals surface area contributed by atoms with Crippen LogP contribution in [-0.4, -0.2) is 57.9 Å². The molecule has 0 saturated carbocycles. The minimum atomic E-state index is 0.720. The number of nitrogens with two attached hydrogens (primary N) is 1. The van der Waals surface area contributed by atoms with Crippen molar-refractivity contribution in [2.45, 2.75) is 19.8 Å². The summed E-state index contributed by atoms with van der Waals surface area (Å²) in [6.45, 7) is 9.16. The van der Waals surface area contributed by atoms with Gasteiger partial charge in [0.1, 0.15) is 0 Å². The molecule has 0 spiro atoms. The van der Waals surface area contributed by atoms with E-state index in [4.69, 9.17) is 10.5 Å². The minimum absolute atomic E-state index is 0.720. The molecular formula is C11H27N3O. The third-order valence-electron chi connectivity index (χ3n) is 2.29. The molecule has 4 heteroatoms. The van der Waals surface area contributed by atoms with Gasteiger partial charge in [-0.1, -0.05) is 6.92 Å². The van der Waals surface area contributed by atoms with Crippen LogP contribution < -0.4 is 11.1 Å². The van der Waals surface area contributed by atoms with Crippen LogP contribution in [0.2, 0.25) is 0 Å². The highest BCUT2D eigenvalue weighted by molar-refractivity contribution is 4.59. The molecule has 0 aromatic carbocycles. The molecule has 15 heavy (non-hydrogen) atoms. The maximum Gasteiger partial charge on any atom is 0.0474 e. The zero-order valence-electron chi connectivity index (χ0n) is 10.3. The van der Waals surface area contributed by atoms with Crippen molar-refractivity contribution in [3.05, 3.63) is 0 Å². The van der Waals surface area contributed by atoms with Crippen LogP contribution in [-0.2, 0) is 4.74 Å². The average Bonchev–Trinajstić information content (AvgIpc) is 2.24. The molecule has 92 valence electrons. The number of hydrogen-bond donors (Lipinski definition) is 2. The van der Waals surface area contributed by atoms with Crippen LogP contribution in [0, 0.1) is 0 Å². The second-order valence-electron chi connectivity index (χ2n) is 3.73. The molecule has 0 bridgehead atoms. The lowest BCUT2D eigenvalue weighted by Crippen LogP contribution is -2.35. The molecule has 0 aliphatic carbocycles. The first kappa shape index (κ1) is 14.8. The second kappa shape index (κ2) is 11.9. The molecule has 4 nitrogen and oxygen atoms in total. The van der Waals surface area contributed by atoms with E-state index in [-0.39, 0.29) is 0 Å². The van der Waals surface area contributed by atoms with E-state index in [0.29, 0.717) is 0 Å². The van der Waals surface area contributed by atoms with E-state index in [1.807, 2.05) is 0 Å². The number of ether oxygens (including phenoxy) is 1. The van der Waals surface area contributed by atoms with Crippen LogP contribution in [0.4, 0.5) is 0 Å². The number of methoxy groups -OCH3 is 1. The standard InChI is InChI=1S/C11H27N3O/c1-3-8-14(9-4-11-15-2)10-7-13-6-5-12/h13H,3-12H2,1-2H3. The van der Waals surface area contributed by atoms with Gasteiger partial charge in [-0.2, -0.15) is 0 Å². The summed E-state index contributed by atoms with van der Waals surface area (Å²) < 4.78 is 5.05. The van der Waals surface area contributed by atoms with Gasteiger partial charge in [0.15, 0.2) is 0 Å². The summed E-state index contributed by atoms with van der Waals surface area (Å²) in [4.78, 5) is 2.47. The molecule has 0 atom stereocenters. The first-order valence-electron chi connectivity index (χ1n) is 5.97. The lowest BCUT2D eigenvalue weighted by atomic mass is 10.3. The monoisotopic (exact) mass is 217 g/mol. The summed E-state index contributed by atoms with van der Waals surface area (Å²) in [6, 6.07) is 0. The molecular weight excluding hydrogens is 190 g/mol. The Labute approximate surface area is 94.2 Å². The van der Waals surface area contributed by atoms with Crippen molar-refractivity contribution >= 4 is 0 Å². The van der Waals surface area contributed by atoms with Gasteiger partial charge in [0.05, 0.1) is 0 Å². The molecule has 0 unspecified atom stereocenters. The highest BCUT2D eigenvalue weighted by Crippen LogP contribution is 1.93. The summed E-state index contributed by atoms with van der Waals surface area (Å²) in [5.41, 5.74) is 5.41. The van der Waals surface area contributed by atoms with Crippen LogP contribution in [0.25, 0.3) is 0 Å². The summed E-state index contributed by atoms with van der Waals surface area (Å²) in [5, 5.41) is 3.32. The van der Waals surface area contributed by atoms with Crippen molar-refractivity contribution in [2.24, 2.45) is 5.73 Å². The van der Waals surface area contributed by atoms with Crippen LogP contribution >= 0.6 is 0 Å². The normalized spacial score (nSPS) is 11.2. The fourth-order valence-corrected chi connectivity index (χ4v) is 1.55. The van der Waals surface area contributed by atoms with E-state index in [1.54, 1.807) is 7.11 Å². The Kier molecular flexibility index (Phi) is 11.8. The van der Waals surface area contributed by atoms with Gasteiger partial charge in [-0.05, 0) is 19.4 Å². The highest BCUT2D eigenvalue weighted by Gasteiger charge is 2.02. The Balaban J connectivity index is 3.44. The number of rotatable bonds is 11. The zero-order valence-corrected chi connectivity index (χ0v) is 10.3. The Morgan fingerprint density at radius 3 is 2.60 bits per heavy atom. The van der Waals surface area contributed by atoms with Gasteiger partial charge in [0, 0.05) is 46.4 Å². The van der Waals surface area contributed by atoms with Crippen LogP contribution in [0.1, 0.15) is 19.8 Å². The van der Waals surface area contributed by atoms with E-state index in [1.165, 1.54) is 13.0 Å². The van der Waals surface area contributed by atoms with Crippen LogP contribution in [0.3, 0.4) is 0 Å². The van der Waals surface area contributed by atoms with E-state index in [2.05, 4.69) is 17.1 Å². The fourth-order valence-electron chi connectivity index (χ4n) is 1.55. The second-order valence-corrected chi connectivity index (χ2v) is 3.73. The Morgan fingerprint density at radius 1 is 1.20 bits per heavy atom. The molecule has 0 saturated heterocycles. The first-order valence-corrected chi connectivity index (χ1v) is 5.97. The third kappa shape index (κ3) is 10.1. The summed E-state index contributed by atoms with van der Waals surface area (Å²) in [6.07, 6.45) is 2.33. The SMILES string of the molecule is CCCN(CCCOC)CCNCCN. The van der Waals surface area contributed by atoms with Gasteiger partial charge >= 0.3 is 0 Å². The Bertz CT molecular complexity index is 122. The van der Waals surface area contributed by atoms with E-state index in [9.17, 15) is 0 Å². The number of hydrogen-bond acceptors (Lipinski definition) is 4. The average molecular weight is 217 g/mol. The van der Waals surface area contributed by atoms with E-state index < -0.39 is 0 Å². The summed E-state index contributed by atoms with van der Waals surface area (Å²) in [7, 11) is 1.76. The molecule has 0 radical (unpaired) electrons. The minimum Gasteiger partial charge on any atom is -0.385 e. The van der Waals surface area contributed by atoms with Crippen molar-refractivity contribution in [3.63, 3.8) is 0 Å². The third-order valence-corrected chi connectivity index (χ3v) is 2.29. The molecule has 0 aromatic heterocycles. The largest absolute Gasteiger partial charge is 0.385 e. The maximum absolute atomic E-state index is 5.41. The molecule has 0 rings (SSSR count). The van der Waals surface area contributed by atoms with E-state index in [0.717, 1.165) is 45.8 Å². The van der Waals surface area contributed by atoms with Gasteiger partial charge in [0.25, 0.3) is 0 Å². The summed E-state index contributed by atoms with van der Waals surface area (Å²) in [5.74, 6) is 0. The fraction of sp³-hybridized carbons (Fsp3) is 1.00. The quantitative estimate of drug-likeness (QED) is 0.488. The predicted molar refractivity (Wildman–Crippen MR) is 65.1 cm³/mol. The zero-order chi connectivity index (χ0) is 11.4. The molecule has 0 aliphatic heterocycles. The Hall–Kier alpha value is -0.160. The molecule has 0 heterocycles. The van der Waals surface area contributed by atoms with Crippen molar-refractivity contribution in [1.29, 1.82) is 0 Å². The predicted octanol–water partition coefficient (Wildman–Crippen LogP) is 0.283. The lowest BCUT2D eigenvalue weighted by Gasteiger charge is -2.21. The van der Waals surface area contributed by atoms with Crippen LogP contribution in [0.5, 0.6) is 0 Å². The summed E-state index contributed by atoms with van der Waals surface area (Å²) >= 11 is 0. The number of nitrogens with zero attached hydrogens (tertiary/aromatic N) is 1. The van der Waals surface area contributed by atoms with Gasteiger partial charge in [-0.3, -0.25) is 0 Å². The molecule has 0 aromatic rings. The van der Waals surface area contributed by atoms with Crippen molar-refractivity contribution < 1.29 is 4.74 Å². The first-order chi connectivity index (χ1) is 7.35. The Morgan fingerprint density at radius 2 is 2.00 bits per heavy atom. The van der Waals surface area contributed by atoms with Gasteiger partial charge in [0.2, 0.25) is 0 Å². The van der Waals surface area contributed by atoms with Gasteiger partial charge in [-0.15, -0.1) is 0 Å². The molecule has 3 N–H and O–H groups in total. The van der Waals surface area contributed by atoms with Crippen molar-refractivity contribution in [2.75, 3.05) is 53.0 Å². The van der Waals surface area contributed by atoms with E-state index >= 15 is 0 Å². The molecule has 0 fully saturated rings. The highest BCUT2D eigenvalue weighted by atomic mass is 16.5. The topological polar surface area (TPSA) is 50.5 Å². The smallest absolute Gasteiger partial charge is 0.0474 e. The van der Waals surface area contributed by atoms with Crippen LogP contribution in [0.15, 0.2) is 0 Å². The van der Waals surface area contributed by atoms with Gasteiger partial charge in [-0.25, -0.2) is 0 Å². The lowest BCUT2D eigenvalue weighted by molar-refractivity contribution is 0.171. The van der Waals surface area contributed by atoms with Crippen molar-refractivity contribution in [3.8, 4) is 0 Å².